The maximum atomic E-state index is 8.64. The lowest BCUT2D eigenvalue weighted by Gasteiger charge is -2.03. The summed E-state index contributed by atoms with van der Waals surface area (Å²) in [4.78, 5) is 0. The molecule has 0 fully saturated rings. The summed E-state index contributed by atoms with van der Waals surface area (Å²) < 4.78 is 0. The molecule has 0 radical (unpaired) electrons. The van der Waals surface area contributed by atoms with Crippen LogP contribution in [-0.4, -0.2) is 23.2 Å². The zero-order valence-electron chi connectivity index (χ0n) is 6.55. The Morgan fingerprint density at radius 1 is 1.60 bits per heavy atom. The third-order valence-corrected chi connectivity index (χ3v) is 2.22. The van der Waals surface area contributed by atoms with Crippen LogP contribution in [0.15, 0.2) is 0 Å². The van der Waals surface area contributed by atoms with Crippen molar-refractivity contribution in [1.29, 1.82) is 0 Å². The van der Waals surface area contributed by atoms with E-state index in [1.807, 2.05) is 13.8 Å². The number of hydrogen-bond acceptors (Lipinski definition) is 2. The fraction of sp³-hybridized carbons (Fsp3) is 0.750. The smallest absolute Gasteiger partial charge is 0.0547 e. The summed E-state index contributed by atoms with van der Waals surface area (Å²) in [5.41, 5.74) is 0. The summed E-state index contributed by atoms with van der Waals surface area (Å²) in [6.45, 7) is 4.16. The van der Waals surface area contributed by atoms with Crippen LogP contribution in [-0.2, 0) is 0 Å². The SMILES string of the molecule is CC#CCSCC(C)CO. The number of aliphatic hydroxyl groups excluding tert-OH is 1. The lowest BCUT2D eigenvalue weighted by Crippen LogP contribution is -2.03. The van der Waals surface area contributed by atoms with Crippen molar-refractivity contribution in [2.45, 2.75) is 13.8 Å². The van der Waals surface area contributed by atoms with Crippen LogP contribution in [0.4, 0.5) is 0 Å². The van der Waals surface area contributed by atoms with Crippen LogP contribution in [0.1, 0.15) is 13.8 Å². The molecule has 0 saturated heterocycles. The normalized spacial score (nSPS) is 11.9. The molecule has 58 valence electrons. The summed E-state index contributed by atoms with van der Waals surface area (Å²) in [6.07, 6.45) is 0. The van der Waals surface area contributed by atoms with E-state index in [-0.39, 0.29) is 6.61 Å². The number of aliphatic hydroxyl groups is 1. The molecule has 1 unspecified atom stereocenters. The molecule has 0 rings (SSSR count). The molecule has 1 N–H and O–H groups in total. The van der Waals surface area contributed by atoms with E-state index >= 15 is 0 Å². The van der Waals surface area contributed by atoms with Gasteiger partial charge in [0.1, 0.15) is 0 Å². The highest BCUT2D eigenvalue weighted by molar-refractivity contribution is 7.99. The van der Waals surface area contributed by atoms with E-state index in [1.165, 1.54) is 0 Å². The van der Waals surface area contributed by atoms with Crippen molar-refractivity contribution in [3.05, 3.63) is 0 Å². The van der Waals surface area contributed by atoms with Gasteiger partial charge in [0.25, 0.3) is 0 Å². The minimum absolute atomic E-state index is 0.284. The molecule has 0 aliphatic carbocycles. The Hall–Kier alpha value is -0.130. The largest absolute Gasteiger partial charge is 0.396 e. The van der Waals surface area contributed by atoms with E-state index < -0.39 is 0 Å². The minimum Gasteiger partial charge on any atom is -0.396 e. The minimum atomic E-state index is 0.284. The van der Waals surface area contributed by atoms with Crippen LogP contribution in [0.5, 0.6) is 0 Å². The van der Waals surface area contributed by atoms with E-state index in [2.05, 4.69) is 11.8 Å². The van der Waals surface area contributed by atoms with Gasteiger partial charge in [0, 0.05) is 6.61 Å². The Labute approximate surface area is 67.2 Å². The lowest BCUT2D eigenvalue weighted by molar-refractivity contribution is 0.250. The summed E-state index contributed by atoms with van der Waals surface area (Å²) >= 11 is 1.78. The highest BCUT2D eigenvalue weighted by Crippen LogP contribution is 2.05. The molecule has 0 aromatic carbocycles. The Balaban J connectivity index is 3.08. The van der Waals surface area contributed by atoms with Crippen molar-refractivity contribution in [2.24, 2.45) is 5.92 Å². The van der Waals surface area contributed by atoms with E-state index in [0.717, 1.165) is 11.5 Å². The van der Waals surface area contributed by atoms with Crippen LogP contribution in [0, 0.1) is 17.8 Å². The van der Waals surface area contributed by atoms with Crippen molar-refractivity contribution < 1.29 is 5.11 Å². The van der Waals surface area contributed by atoms with Gasteiger partial charge in [-0.05, 0) is 18.6 Å². The Kier molecular flexibility index (Phi) is 6.89. The van der Waals surface area contributed by atoms with Gasteiger partial charge in [-0.25, -0.2) is 0 Å². The van der Waals surface area contributed by atoms with Gasteiger partial charge in [-0.3, -0.25) is 0 Å². The third kappa shape index (κ3) is 6.00. The second kappa shape index (κ2) is 6.98. The van der Waals surface area contributed by atoms with Gasteiger partial charge in [0.2, 0.25) is 0 Å². The van der Waals surface area contributed by atoms with E-state index in [4.69, 9.17) is 5.11 Å². The molecule has 1 atom stereocenters. The van der Waals surface area contributed by atoms with Crippen LogP contribution in [0.25, 0.3) is 0 Å². The Morgan fingerprint density at radius 2 is 2.30 bits per heavy atom. The maximum absolute atomic E-state index is 8.64. The predicted octanol–water partition coefficient (Wildman–Crippen LogP) is 1.37. The molecule has 0 aromatic heterocycles. The molecular weight excluding hydrogens is 144 g/mol. The van der Waals surface area contributed by atoms with Gasteiger partial charge in [0.15, 0.2) is 0 Å². The first-order valence-corrected chi connectivity index (χ1v) is 4.55. The lowest BCUT2D eigenvalue weighted by atomic mass is 10.2. The molecule has 0 aromatic rings. The molecule has 0 amide bonds. The zero-order chi connectivity index (χ0) is 7.82. The number of rotatable bonds is 4. The molecule has 10 heavy (non-hydrogen) atoms. The monoisotopic (exact) mass is 158 g/mol. The van der Waals surface area contributed by atoms with Crippen LogP contribution in [0.2, 0.25) is 0 Å². The molecule has 0 heterocycles. The average Bonchev–Trinajstić information content (AvgIpc) is 1.98. The fourth-order valence-corrected chi connectivity index (χ4v) is 1.31. The van der Waals surface area contributed by atoms with Crippen molar-refractivity contribution in [2.75, 3.05) is 18.1 Å². The van der Waals surface area contributed by atoms with Gasteiger partial charge in [-0.2, -0.15) is 0 Å². The van der Waals surface area contributed by atoms with Gasteiger partial charge >= 0.3 is 0 Å². The molecule has 1 nitrogen and oxygen atoms in total. The van der Waals surface area contributed by atoms with Crippen LogP contribution < -0.4 is 0 Å². The summed E-state index contributed by atoms with van der Waals surface area (Å²) in [5, 5.41) is 8.64. The van der Waals surface area contributed by atoms with Crippen LogP contribution in [0.3, 0.4) is 0 Å². The van der Waals surface area contributed by atoms with E-state index in [1.54, 1.807) is 11.8 Å². The Morgan fingerprint density at radius 3 is 2.80 bits per heavy atom. The van der Waals surface area contributed by atoms with Crippen molar-refractivity contribution in [3.63, 3.8) is 0 Å². The standard InChI is InChI=1S/C8H14OS/c1-3-4-5-10-7-8(2)6-9/h8-9H,5-7H2,1-2H3. The topological polar surface area (TPSA) is 20.2 Å². The first-order valence-electron chi connectivity index (χ1n) is 3.39. The first kappa shape index (κ1) is 9.87. The molecule has 0 saturated carbocycles. The third-order valence-electron chi connectivity index (χ3n) is 1.07. The average molecular weight is 158 g/mol. The summed E-state index contributed by atoms with van der Waals surface area (Å²) in [6, 6.07) is 0. The van der Waals surface area contributed by atoms with Gasteiger partial charge < -0.3 is 5.11 Å². The number of hydrogen-bond donors (Lipinski definition) is 1. The molecule has 0 aliphatic heterocycles. The van der Waals surface area contributed by atoms with E-state index in [9.17, 15) is 0 Å². The summed E-state index contributed by atoms with van der Waals surface area (Å²) in [7, 11) is 0. The highest BCUT2D eigenvalue weighted by atomic mass is 32.2. The zero-order valence-corrected chi connectivity index (χ0v) is 7.37. The second-order valence-electron chi connectivity index (χ2n) is 2.23. The first-order chi connectivity index (χ1) is 4.81. The van der Waals surface area contributed by atoms with Gasteiger partial charge in [0.05, 0.1) is 5.75 Å². The van der Waals surface area contributed by atoms with Gasteiger partial charge in [-0.15, -0.1) is 17.7 Å². The van der Waals surface area contributed by atoms with E-state index in [0.29, 0.717) is 5.92 Å². The maximum Gasteiger partial charge on any atom is 0.0547 e. The Bertz CT molecular complexity index is 123. The van der Waals surface area contributed by atoms with Crippen molar-refractivity contribution in [1.82, 2.24) is 0 Å². The predicted molar refractivity (Wildman–Crippen MR) is 47.0 cm³/mol. The molecular formula is C8H14OS. The molecule has 0 spiro atoms. The van der Waals surface area contributed by atoms with Crippen molar-refractivity contribution >= 4 is 11.8 Å². The second-order valence-corrected chi connectivity index (χ2v) is 3.26. The van der Waals surface area contributed by atoms with Crippen LogP contribution >= 0.6 is 11.8 Å². The highest BCUT2D eigenvalue weighted by Gasteiger charge is 1.97. The summed E-state index contributed by atoms with van der Waals surface area (Å²) in [5.74, 6) is 8.09. The molecule has 2 heteroatoms. The number of thioether (sulfide) groups is 1. The quantitative estimate of drug-likeness (QED) is 0.492. The van der Waals surface area contributed by atoms with Gasteiger partial charge in [-0.1, -0.05) is 12.8 Å². The molecule has 0 bridgehead atoms. The van der Waals surface area contributed by atoms with Crippen molar-refractivity contribution in [3.8, 4) is 11.8 Å². The molecule has 0 aliphatic rings. The fourth-order valence-electron chi connectivity index (χ4n) is 0.436.